The van der Waals surface area contributed by atoms with E-state index < -0.39 is 0 Å². The molecule has 0 radical (unpaired) electrons. The van der Waals surface area contributed by atoms with Gasteiger partial charge in [-0.25, -0.2) is 4.98 Å². The van der Waals surface area contributed by atoms with Crippen molar-refractivity contribution in [3.05, 3.63) is 17.2 Å². The summed E-state index contributed by atoms with van der Waals surface area (Å²) in [6, 6.07) is 0. The topological polar surface area (TPSA) is 76.4 Å². The molecule has 2 rings (SSSR count). The van der Waals surface area contributed by atoms with Crippen molar-refractivity contribution in [2.75, 3.05) is 0 Å². The number of oxime groups is 1. The first-order valence-corrected chi connectivity index (χ1v) is 7.98. The second kappa shape index (κ2) is 6.50. The summed E-state index contributed by atoms with van der Waals surface area (Å²) in [5, 5.41) is 11.9. The number of aryl methyl sites for hydroxylation is 2. The van der Waals surface area contributed by atoms with Crippen molar-refractivity contribution in [3.8, 4) is 0 Å². The summed E-state index contributed by atoms with van der Waals surface area (Å²) in [6.45, 7) is 7.18. The van der Waals surface area contributed by atoms with Crippen LogP contribution < -0.4 is 5.73 Å². The fraction of sp³-hybridized carbons (Fsp3) is 0.750. The summed E-state index contributed by atoms with van der Waals surface area (Å²) in [6.07, 6.45) is 7.97. The van der Waals surface area contributed by atoms with Crippen molar-refractivity contribution in [1.29, 1.82) is 0 Å². The Morgan fingerprint density at radius 1 is 1.33 bits per heavy atom. The summed E-state index contributed by atoms with van der Waals surface area (Å²) in [7, 11) is 0. The van der Waals surface area contributed by atoms with E-state index in [-0.39, 0.29) is 5.41 Å². The highest BCUT2D eigenvalue weighted by atomic mass is 16.4. The van der Waals surface area contributed by atoms with E-state index >= 15 is 0 Å². The molecule has 0 bridgehead atoms. The summed E-state index contributed by atoms with van der Waals surface area (Å²) < 4.78 is 2.39. The summed E-state index contributed by atoms with van der Waals surface area (Å²) in [4.78, 5) is 4.71. The lowest BCUT2D eigenvalue weighted by Crippen LogP contribution is -2.31. The van der Waals surface area contributed by atoms with E-state index in [1.807, 2.05) is 13.8 Å². The number of aromatic nitrogens is 2. The van der Waals surface area contributed by atoms with Gasteiger partial charge in [0.25, 0.3) is 0 Å². The molecule has 0 saturated heterocycles. The first-order chi connectivity index (χ1) is 9.95. The van der Waals surface area contributed by atoms with Crippen molar-refractivity contribution in [2.45, 2.75) is 72.3 Å². The Labute approximate surface area is 127 Å². The van der Waals surface area contributed by atoms with Crippen LogP contribution in [0.5, 0.6) is 0 Å². The number of hydrogen-bond donors (Lipinski definition) is 2. The molecule has 21 heavy (non-hydrogen) atoms. The second-order valence-corrected chi connectivity index (χ2v) is 6.74. The SMILES string of the molecule is Cc1nc2c(n1CCCCC(C)(C)C(N)=NO)CCCC2. The quantitative estimate of drug-likeness (QED) is 0.278. The summed E-state index contributed by atoms with van der Waals surface area (Å²) in [5.41, 5.74) is 8.26. The van der Waals surface area contributed by atoms with Crippen LogP contribution in [0.1, 0.15) is 63.2 Å². The third kappa shape index (κ3) is 3.57. The second-order valence-electron chi connectivity index (χ2n) is 6.74. The Kier molecular flexibility index (Phi) is 4.91. The maximum absolute atomic E-state index is 8.80. The van der Waals surface area contributed by atoms with Crippen molar-refractivity contribution >= 4 is 5.84 Å². The average Bonchev–Trinajstić information content (AvgIpc) is 2.78. The maximum atomic E-state index is 8.80. The molecule has 118 valence electrons. The molecule has 5 nitrogen and oxygen atoms in total. The van der Waals surface area contributed by atoms with Crippen LogP contribution in [0, 0.1) is 12.3 Å². The lowest BCUT2D eigenvalue weighted by atomic mass is 9.86. The molecule has 0 amide bonds. The van der Waals surface area contributed by atoms with E-state index in [0.717, 1.165) is 38.1 Å². The van der Waals surface area contributed by atoms with Gasteiger partial charge in [-0.15, -0.1) is 0 Å². The van der Waals surface area contributed by atoms with E-state index in [0.29, 0.717) is 5.84 Å². The number of hydrogen-bond acceptors (Lipinski definition) is 3. The molecule has 3 N–H and O–H groups in total. The number of unbranched alkanes of at least 4 members (excludes halogenated alkanes) is 1. The first-order valence-electron chi connectivity index (χ1n) is 7.98. The molecule has 1 aromatic rings. The highest BCUT2D eigenvalue weighted by Gasteiger charge is 2.23. The lowest BCUT2D eigenvalue weighted by molar-refractivity contribution is 0.304. The van der Waals surface area contributed by atoms with Crippen molar-refractivity contribution in [1.82, 2.24) is 9.55 Å². The summed E-state index contributed by atoms with van der Waals surface area (Å²) >= 11 is 0. The highest BCUT2D eigenvalue weighted by Crippen LogP contribution is 2.25. The van der Waals surface area contributed by atoms with E-state index in [9.17, 15) is 0 Å². The molecule has 0 unspecified atom stereocenters. The van der Waals surface area contributed by atoms with E-state index in [2.05, 4.69) is 16.6 Å². The van der Waals surface area contributed by atoms with Crippen molar-refractivity contribution in [2.24, 2.45) is 16.3 Å². The Balaban J connectivity index is 1.89. The Hall–Kier alpha value is -1.52. The molecule has 5 heteroatoms. The largest absolute Gasteiger partial charge is 0.409 e. The Bertz CT molecular complexity index is 517. The van der Waals surface area contributed by atoms with Crippen LogP contribution in [0.15, 0.2) is 5.16 Å². The standard InChI is InChI=1S/C16H28N4O/c1-12-18-13-8-4-5-9-14(13)20(12)11-7-6-10-16(2,3)15(17)19-21/h21H,4-11H2,1-3H3,(H2,17,19). The van der Waals surface area contributed by atoms with Crippen LogP contribution in [0.4, 0.5) is 0 Å². The molecule has 0 aromatic carbocycles. The predicted molar refractivity (Wildman–Crippen MR) is 84.6 cm³/mol. The van der Waals surface area contributed by atoms with Gasteiger partial charge in [-0.2, -0.15) is 0 Å². The fourth-order valence-corrected chi connectivity index (χ4v) is 3.13. The zero-order valence-corrected chi connectivity index (χ0v) is 13.5. The highest BCUT2D eigenvalue weighted by molar-refractivity contribution is 5.85. The van der Waals surface area contributed by atoms with E-state index in [1.165, 1.54) is 30.7 Å². The van der Waals surface area contributed by atoms with Crippen LogP contribution in [-0.4, -0.2) is 20.6 Å². The minimum absolute atomic E-state index is 0.238. The smallest absolute Gasteiger partial charge is 0.144 e. The van der Waals surface area contributed by atoms with Crippen LogP contribution in [0.25, 0.3) is 0 Å². The molecule has 0 spiro atoms. The Morgan fingerprint density at radius 3 is 2.76 bits per heavy atom. The number of imidazole rings is 1. The fourth-order valence-electron chi connectivity index (χ4n) is 3.13. The zero-order valence-electron chi connectivity index (χ0n) is 13.5. The van der Waals surface area contributed by atoms with Gasteiger partial charge in [0.05, 0.1) is 5.69 Å². The van der Waals surface area contributed by atoms with Crippen LogP contribution in [0.2, 0.25) is 0 Å². The normalized spacial score (nSPS) is 16.0. The average molecular weight is 292 g/mol. The molecular formula is C16H28N4O. The van der Waals surface area contributed by atoms with Crippen LogP contribution in [0.3, 0.4) is 0 Å². The molecule has 0 fully saturated rings. The maximum Gasteiger partial charge on any atom is 0.144 e. The third-order valence-electron chi connectivity index (χ3n) is 4.66. The van der Waals surface area contributed by atoms with Gasteiger partial charge < -0.3 is 15.5 Å². The van der Waals surface area contributed by atoms with Gasteiger partial charge in [-0.05, 0) is 45.4 Å². The molecule has 0 atom stereocenters. The van der Waals surface area contributed by atoms with Gasteiger partial charge in [-0.3, -0.25) is 0 Å². The summed E-state index contributed by atoms with van der Waals surface area (Å²) in [5.74, 6) is 1.47. The van der Waals surface area contributed by atoms with E-state index in [1.54, 1.807) is 0 Å². The van der Waals surface area contributed by atoms with Crippen LogP contribution >= 0.6 is 0 Å². The number of nitrogens with zero attached hydrogens (tertiary/aromatic N) is 3. The molecular weight excluding hydrogens is 264 g/mol. The molecule has 1 aliphatic carbocycles. The Morgan fingerprint density at radius 2 is 2.05 bits per heavy atom. The minimum atomic E-state index is -0.238. The minimum Gasteiger partial charge on any atom is -0.409 e. The van der Waals surface area contributed by atoms with Gasteiger partial charge >= 0.3 is 0 Å². The van der Waals surface area contributed by atoms with Gasteiger partial charge in [-0.1, -0.05) is 25.4 Å². The monoisotopic (exact) mass is 292 g/mol. The molecule has 1 aliphatic rings. The van der Waals surface area contributed by atoms with Gasteiger partial charge in [0, 0.05) is 17.7 Å². The number of nitrogens with two attached hydrogens (primary N) is 1. The van der Waals surface area contributed by atoms with Gasteiger partial charge in [0.15, 0.2) is 0 Å². The van der Waals surface area contributed by atoms with Gasteiger partial charge in [0.1, 0.15) is 11.7 Å². The van der Waals surface area contributed by atoms with Crippen molar-refractivity contribution in [3.63, 3.8) is 0 Å². The number of fused-ring (bicyclic) bond motifs is 1. The van der Waals surface area contributed by atoms with Crippen LogP contribution in [-0.2, 0) is 19.4 Å². The van der Waals surface area contributed by atoms with Crippen molar-refractivity contribution < 1.29 is 5.21 Å². The zero-order chi connectivity index (χ0) is 15.5. The molecule has 1 aromatic heterocycles. The molecule has 1 heterocycles. The predicted octanol–water partition coefficient (Wildman–Crippen LogP) is 3.01. The third-order valence-corrected chi connectivity index (χ3v) is 4.66. The molecule has 0 aliphatic heterocycles. The number of amidine groups is 1. The first kappa shape index (κ1) is 15.9. The van der Waals surface area contributed by atoms with Gasteiger partial charge in [0.2, 0.25) is 0 Å². The van der Waals surface area contributed by atoms with E-state index in [4.69, 9.17) is 15.9 Å². The lowest BCUT2D eigenvalue weighted by Gasteiger charge is -2.22. The number of rotatable bonds is 6. The molecule has 0 saturated carbocycles.